The largest absolute Gasteiger partial charge is 1.00 e. The molecule has 0 unspecified atom stereocenters. The van der Waals surface area contributed by atoms with Gasteiger partial charge < -0.3 is 18.7 Å². The van der Waals surface area contributed by atoms with Crippen LogP contribution in [0.25, 0.3) is 0 Å². The van der Waals surface area contributed by atoms with E-state index in [0.717, 1.165) is 11.8 Å². The van der Waals surface area contributed by atoms with E-state index in [-0.39, 0.29) is 51.4 Å². The summed E-state index contributed by atoms with van der Waals surface area (Å²) < 4.78 is 35.6. The topological polar surface area (TPSA) is 26.0 Å². The number of halogens is 3. The monoisotopic (exact) mass is 245 g/mol. The molecule has 0 atom stereocenters. The molecule has 14 heavy (non-hydrogen) atoms. The van der Waals surface area contributed by atoms with Gasteiger partial charge in [0, 0.05) is 10.6 Å². The first-order valence-corrected chi connectivity index (χ1v) is 4.65. The molecule has 0 saturated carbocycles. The molecule has 0 aliphatic heterocycles. The molecule has 2 N–H and O–H groups in total. The molecule has 0 fully saturated rings. The van der Waals surface area contributed by atoms with E-state index in [2.05, 4.69) is 0 Å². The van der Waals surface area contributed by atoms with Crippen molar-refractivity contribution in [3.05, 3.63) is 24.3 Å². The van der Waals surface area contributed by atoms with Gasteiger partial charge in [-0.25, -0.2) is 0 Å². The SMILES string of the molecule is Nc1cccc(SC[B-](F)(F)F)c1.[K+]. The molecule has 0 aromatic heterocycles. The zero-order valence-corrected chi connectivity index (χ0v) is 11.7. The van der Waals surface area contributed by atoms with E-state index in [1.807, 2.05) is 0 Å². The molecule has 0 bridgehead atoms. The summed E-state index contributed by atoms with van der Waals surface area (Å²) in [6, 6.07) is 6.43. The fourth-order valence-electron chi connectivity index (χ4n) is 0.795. The van der Waals surface area contributed by atoms with Crippen LogP contribution in [0.1, 0.15) is 0 Å². The number of anilines is 1. The Bertz CT molecular complexity index is 295. The average molecular weight is 245 g/mol. The third-order valence-corrected chi connectivity index (χ3v) is 2.43. The minimum absolute atomic E-state index is 0. The number of hydrogen-bond donors (Lipinski definition) is 1. The van der Waals surface area contributed by atoms with Crippen molar-refractivity contribution < 1.29 is 64.3 Å². The predicted octanol–water partition coefficient (Wildman–Crippen LogP) is -0.249. The standard InChI is InChI=1S/C7H8BF3NS.K/c9-8(10,11)5-13-7-3-1-2-6(12)4-7;/h1-4H,5,12H2;/q-1;+1. The average Bonchev–Trinajstić information content (AvgIpc) is 2.00. The van der Waals surface area contributed by atoms with Gasteiger partial charge in [0.05, 0.1) is 0 Å². The van der Waals surface area contributed by atoms with Gasteiger partial charge in [-0.05, 0) is 23.9 Å². The van der Waals surface area contributed by atoms with Gasteiger partial charge in [0.25, 0.3) is 0 Å². The van der Waals surface area contributed by atoms with Gasteiger partial charge in [-0.2, -0.15) is 11.8 Å². The van der Waals surface area contributed by atoms with E-state index in [1.54, 1.807) is 18.2 Å². The van der Waals surface area contributed by atoms with Crippen molar-refractivity contribution in [2.75, 3.05) is 11.4 Å². The number of thioether (sulfide) groups is 1. The minimum atomic E-state index is -4.72. The molecule has 1 rings (SSSR count). The van der Waals surface area contributed by atoms with E-state index >= 15 is 0 Å². The molecule has 1 aromatic carbocycles. The third kappa shape index (κ3) is 6.36. The van der Waals surface area contributed by atoms with Gasteiger partial charge >= 0.3 is 58.4 Å². The van der Waals surface area contributed by atoms with Crippen LogP contribution >= 0.6 is 11.8 Å². The van der Waals surface area contributed by atoms with Crippen LogP contribution in [0.2, 0.25) is 0 Å². The summed E-state index contributed by atoms with van der Waals surface area (Å²) >= 11 is 0.764. The van der Waals surface area contributed by atoms with Gasteiger partial charge in [-0.15, -0.1) is 0 Å². The van der Waals surface area contributed by atoms with Crippen molar-refractivity contribution in [3.63, 3.8) is 0 Å². The van der Waals surface area contributed by atoms with Gasteiger partial charge in [0.15, 0.2) is 0 Å². The Balaban J connectivity index is 0.00000169. The smallest absolute Gasteiger partial charge is 0.448 e. The molecular weight excluding hydrogens is 237 g/mol. The second-order valence-corrected chi connectivity index (χ2v) is 3.69. The fourth-order valence-corrected chi connectivity index (χ4v) is 1.57. The molecule has 1 aromatic rings. The number of nitrogens with two attached hydrogens (primary N) is 1. The molecule has 0 radical (unpaired) electrons. The zero-order chi connectivity index (χ0) is 9.90. The maximum absolute atomic E-state index is 11.9. The molecule has 7 heteroatoms. The Morgan fingerprint density at radius 3 is 2.43 bits per heavy atom. The first-order chi connectivity index (χ1) is 5.97. The van der Waals surface area contributed by atoms with E-state index in [1.165, 1.54) is 6.07 Å². The fraction of sp³-hybridized carbons (Fsp3) is 0.143. The quantitative estimate of drug-likeness (QED) is 0.451. The molecule has 0 aliphatic carbocycles. The van der Waals surface area contributed by atoms with Crippen LogP contribution in [0.5, 0.6) is 0 Å². The Morgan fingerprint density at radius 1 is 1.29 bits per heavy atom. The number of benzene rings is 1. The summed E-state index contributed by atoms with van der Waals surface area (Å²) in [5.74, 6) is 0. The van der Waals surface area contributed by atoms with E-state index < -0.39 is 12.6 Å². The Kier molecular flexibility index (Phi) is 6.84. The van der Waals surface area contributed by atoms with Crippen LogP contribution in [0, 0.1) is 0 Å². The van der Waals surface area contributed by atoms with Gasteiger partial charge in [0.2, 0.25) is 0 Å². The van der Waals surface area contributed by atoms with Crippen molar-refractivity contribution in [3.8, 4) is 0 Å². The molecule has 0 spiro atoms. The van der Waals surface area contributed by atoms with Gasteiger partial charge in [-0.1, -0.05) is 6.07 Å². The van der Waals surface area contributed by atoms with Crippen LogP contribution in [0.15, 0.2) is 29.2 Å². The first-order valence-electron chi connectivity index (χ1n) is 3.67. The van der Waals surface area contributed by atoms with Crippen LogP contribution < -0.4 is 57.1 Å². The minimum Gasteiger partial charge on any atom is -0.448 e. The van der Waals surface area contributed by atoms with E-state index in [9.17, 15) is 12.9 Å². The molecular formula is C7H8BF3KNS. The van der Waals surface area contributed by atoms with Crippen molar-refractivity contribution >= 4 is 24.4 Å². The maximum atomic E-state index is 11.9. The third-order valence-electron chi connectivity index (χ3n) is 1.30. The maximum Gasteiger partial charge on any atom is 1.00 e. The van der Waals surface area contributed by atoms with Crippen molar-refractivity contribution in [2.45, 2.75) is 4.90 Å². The zero-order valence-electron chi connectivity index (χ0n) is 7.71. The summed E-state index contributed by atoms with van der Waals surface area (Å²) in [5, 5.41) is 0. The van der Waals surface area contributed by atoms with Crippen molar-refractivity contribution in [2.24, 2.45) is 0 Å². The summed E-state index contributed by atoms with van der Waals surface area (Å²) in [6.07, 6.45) is 0. The predicted molar refractivity (Wildman–Crippen MR) is 50.7 cm³/mol. The summed E-state index contributed by atoms with van der Waals surface area (Å²) in [5.41, 5.74) is 5.08. The van der Waals surface area contributed by atoms with Crippen LogP contribution in [0.3, 0.4) is 0 Å². The molecule has 0 amide bonds. The van der Waals surface area contributed by atoms with Crippen molar-refractivity contribution in [1.82, 2.24) is 0 Å². The number of rotatable bonds is 3. The number of nitrogen functional groups attached to an aromatic ring is 1. The second-order valence-electron chi connectivity index (χ2n) is 2.59. The summed E-state index contributed by atoms with van der Waals surface area (Å²) in [4.78, 5) is 0.555. The molecule has 0 aliphatic rings. The normalized spacial score (nSPS) is 10.8. The van der Waals surface area contributed by atoms with Crippen molar-refractivity contribution in [1.29, 1.82) is 0 Å². The molecule has 0 heterocycles. The van der Waals surface area contributed by atoms with Crippen LogP contribution in [0.4, 0.5) is 18.6 Å². The summed E-state index contributed by atoms with van der Waals surface area (Å²) in [7, 11) is 0. The second kappa shape index (κ2) is 6.45. The molecule has 1 nitrogen and oxygen atoms in total. The number of hydrogen-bond acceptors (Lipinski definition) is 2. The Hall–Kier alpha value is 0.861. The Morgan fingerprint density at radius 2 is 1.93 bits per heavy atom. The Labute approximate surface area is 127 Å². The van der Waals surface area contributed by atoms with Crippen LogP contribution in [-0.2, 0) is 0 Å². The van der Waals surface area contributed by atoms with Gasteiger partial charge in [0.1, 0.15) is 0 Å². The molecule has 72 valence electrons. The van der Waals surface area contributed by atoms with E-state index in [0.29, 0.717) is 10.6 Å². The molecule has 0 saturated heterocycles. The van der Waals surface area contributed by atoms with E-state index in [4.69, 9.17) is 5.73 Å². The van der Waals surface area contributed by atoms with Gasteiger partial charge in [-0.3, -0.25) is 0 Å². The van der Waals surface area contributed by atoms with Crippen LogP contribution in [-0.4, -0.2) is 12.6 Å². The first kappa shape index (κ1) is 14.9. The summed E-state index contributed by atoms with van der Waals surface area (Å²) in [6.45, 7) is -4.72.